The highest BCUT2D eigenvalue weighted by Crippen LogP contribution is 2.17. The molecule has 9 nitrogen and oxygen atoms in total. The average Bonchev–Trinajstić information content (AvgIpc) is 2.53. The Balaban J connectivity index is 2.28. The summed E-state index contributed by atoms with van der Waals surface area (Å²) < 4.78 is 5.25. The van der Waals surface area contributed by atoms with Crippen LogP contribution < -0.4 is 22.1 Å². The van der Waals surface area contributed by atoms with E-state index < -0.39 is 5.91 Å². The van der Waals surface area contributed by atoms with Gasteiger partial charge in [0, 0.05) is 19.8 Å². The number of aromatic nitrogens is 2. The van der Waals surface area contributed by atoms with Crippen LogP contribution in [-0.4, -0.2) is 41.6 Å². The van der Waals surface area contributed by atoms with Crippen molar-refractivity contribution >= 4 is 35.1 Å². The topological polar surface area (TPSA) is 152 Å². The first-order chi connectivity index (χ1) is 11.5. The number of hydrogen-bond donors (Lipinski definition) is 5. The van der Waals surface area contributed by atoms with Gasteiger partial charge in [0.15, 0.2) is 28.4 Å². The second-order valence-corrected chi connectivity index (χ2v) is 5.36. The minimum atomic E-state index is -0.670. The number of rotatable bonds is 9. The number of nitrogens with zero attached hydrogens (tertiary/aromatic N) is 2. The third kappa shape index (κ3) is 6.97. The fourth-order valence-electron chi connectivity index (χ4n) is 1.87. The van der Waals surface area contributed by atoms with Gasteiger partial charge in [-0.2, -0.15) is 0 Å². The molecule has 10 heteroatoms. The molecular weight excluding hydrogens is 334 g/mol. The SMILES string of the molecule is CCOCCCCCCNC(=N)NC(=O)c1nc(Cl)c(N)nc1N. The third-order valence-electron chi connectivity index (χ3n) is 3.08. The van der Waals surface area contributed by atoms with Crippen molar-refractivity contribution in [3.8, 4) is 0 Å². The van der Waals surface area contributed by atoms with E-state index in [1.165, 1.54) is 0 Å². The van der Waals surface area contributed by atoms with E-state index in [-0.39, 0.29) is 28.4 Å². The molecule has 0 unspecified atom stereocenters. The zero-order valence-electron chi connectivity index (χ0n) is 13.7. The molecule has 0 aliphatic rings. The summed E-state index contributed by atoms with van der Waals surface area (Å²) in [7, 11) is 0. The normalized spacial score (nSPS) is 10.4. The van der Waals surface area contributed by atoms with Crippen molar-refractivity contribution < 1.29 is 9.53 Å². The summed E-state index contributed by atoms with van der Waals surface area (Å²) in [6.45, 7) is 4.08. The molecule has 0 saturated carbocycles. The number of ether oxygens (including phenoxy) is 1. The second-order valence-electron chi connectivity index (χ2n) is 5.00. The number of amides is 1. The Hall–Kier alpha value is -2.13. The van der Waals surface area contributed by atoms with Crippen LogP contribution in [-0.2, 0) is 4.74 Å². The highest BCUT2D eigenvalue weighted by molar-refractivity contribution is 6.31. The fourth-order valence-corrected chi connectivity index (χ4v) is 1.99. The number of nitrogens with one attached hydrogen (secondary N) is 3. The van der Waals surface area contributed by atoms with Gasteiger partial charge >= 0.3 is 0 Å². The largest absolute Gasteiger partial charge is 0.382 e. The summed E-state index contributed by atoms with van der Waals surface area (Å²) in [5.41, 5.74) is 10.9. The van der Waals surface area contributed by atoms with Crippen LogP contribution in [0.15, 0.2) is 0 Å². The first-order valence-electron chi connectivity index (χ1n) is 7.75. The lowest BCUT2D eigenvalue weighted by Crippen LogP contribution is -2.41. The molecule has 0 fully saturated rings. The average molecular weight is 358 g/mol. The van der Waals surface area contributed by atoms with E-state index >= 15 is 0 Å². The van der Waals surface area contributed by atoms with Gasteiger partial charge in [-0.3, -0.25) is 15.5 Å². The number of anilines is 2. The third-order valence-corrected chi connectivity index (χ3v) is 3.36. The predicted octanol–water partition coefficient (Wildman–Crippen LogP) is 1.15. The summed E-state index contributed by atoms with van der Waals surface area (Å²) in [5.74, 6) is -1.00. The molecule has 0 spiro atoms. The van der Waals surface area contributed by atoms with E-state index in [9.17, 15) is 4.79 Å². The Labute approximate surface area is 146 Å². The Kier molecular flexibility index (Phi) is 8.80. The Morgan fingerprint density at radius 3 is 2.62 bits per heavy atom. The number of halogens is 1. The van der Waals surface area contributed by atoms with Crippen LogP contribution in [0.5, 0.6) is 0 Å². The van der Waals surface area contributed by atoms with E-state index in [1.54, 1.807) is 0 Å². The quantitative estimate of drug-likeness (QED) is 0.252. The Morgan fingerprint density at radius 2 is 1.92 bits per heavy atom. The predicted molar refractivity (Wildman–Crippen MR) is 94.0 cm³/mol. The van der Waals surface area contributed by atoms with Gasteiger partial charge in [0.2, 0.25) is 0 Å². The maximum Gasteiger partial charge on any atom is 0.280 e. The molecule has 0 aliphatic heterocycles. The Bertz CT molecular complexity index is 568. The highest BCUT2D eigenvalue weighted by atomic mass is 35.5. The van der Waals surface area contributed by atoms with E-state index in [1.807, 2.05) is 6.92 Å². The molecule has 0 aliphatic carbocycles. The molecule has 134 valence electrons. The summed E-state index contributed by atoms with van der Waals surface area (Å²) in [6, 6.07) is 0. The first kappa shape index (κ1) is 19.9. The molecule has 1 amide bonds. The number of carbonyl (C=O) groups excluding carboxylic acids is 1. The van der Waals surface area contributed by atoms with Gasteiger partial charge in [0.25, 0.3) is 5.91 Å². The monoisotopic (exact) mass is 357 g/mol. The maximum atomic E-state index is 12.0. The molecule has 0 aromatic carbocycles. The van der Waals surface area contributed by atoms with Gasteiger partial charge in [-0.05, 0) is 19.8 Å². The molecule has 0 bridgehead atoms. The second kappa shape index (κ2) is 10.6. The highest BCUT2D eigenvalue weighted by Gasteiger charge is 2.16. The van der Waals surface area contributed by atoms with Crippen LogP contribution in [0.1, 0.15) is 43.1 Å². The van der Waals surface area contributed by atoms with Gasteiger partial charge < -0.3 is 21.5 Å². The number of carbonyl (C=O) groups is 1. The lowest BCUT2D eigenvalue weighted by atomic mass is 10.2. The molecule has 24 heavy (non-hydrogen) atoms. The first-order valence-corrected chi connectivity index (χ1v) is 8.13. The smallest absolute Gasteiger partial charge is 0.280 e. The van der Waals surface area contributed by atoms with Gasteiger partial charge in [-0.25, -0.2) is 9.97 Å². The van der Waals surface area contributed by atoms with Crippen LogP contribution in [0.2, 0.25) is 5.15 Å². The molecule has 1 aromatic heterocycles. The van der Waals surface area contributed by atoms with Gasteiger partial charge in [-0.1, -0.05) is 24.4 Å². The molecule has 1 aromatic rings. The number of nitrogen functional groups attached to an aromatic ring is 2. The van der Waals surface area contributed by atoms with Crippen molar-refractivity contribution in [3.05, 3.63) is 10.8 Å². The van der Waals surface area contributed by atoms with Crippen molar-refractivity contribution in [2.24, 2.45) is 0 Å². The van der Waals surface area contributed by atoms with E-state index in [0.717, 1.165) is 38.9 Å². The van der Waals surface area contributed by atoms with Crippen molar-refractivity contribution in [3.63, 3.8) is 0 Å². The molecule has 1 rings (SSSR count). The number of unbranched alkanes of at least 4 members (excludes halogenated alkanes) is 3. The van der Waals surface area contributed by atoms with Crippen molar-refractivity contribution in [1.29, 1.82) is 5.41 Å². The van der Waals surface area contributed by atoms with Crippen molar-refractivity contribution in [1.82, 2.24) is 20.6 Å². The maximum absolute atomic E-state index is 12.0. The molecule has 0 saturated heterocycles. The van der Waals surface area contributed by atoms with Crippen molar-refractivity contribution in [2.45, 2.75) is 32.6 Å². The van der Waals surface area contributed by atoms with Gasteiger partial charge in [0.05, 0.1) is 0 Å². The van der Waals surface area contributed by atoms with Crippen LogP contribution in [0, 0.1) is 5.41 Å². The van der Waals surface area contributed by atoms with Gasteiger partial charge in [0.1, 0.15) is 0 Å². The zero-order chi connectivity index (χ0) is 17.9. The summed E-state index contributed by atoms with van der Waals surface area (Å²) in [6.07, 6.45) is 4.00. The lowest BCUT2D eigenvalue weighted by molar-refractivity contribution is 0.0971. The van der Waals surface area contributed by atoms with Crippen molar-refractivity contribution in [2.75, 3.05) is 31.2 Å². The fraction of sp³-hybridized carbons (Fsp3) is 0.571. The summed E-state index contributed by atoms with van der Waals surface area (Å²) in [5, 5.41) is 12.7. The van der Waals surface area contributed by atoms with Crippen LogP contribution >= 0.6 is 11.6 Å². The van der Waals surface area contributed by atoms with E-state index in [0.29, 0.717) is 6.54 Å². The molecule has 7 N–H and O–H groups in total. The molecule has 0 radical (unpaired) electrons. The summed E-state index contributed by atoms with van der Waals surface area (Å²) >= 11 is 5.72. The van der Waals surface area contributed by atoms with E-state index in [2.05, 4.69) is 20.6 Å². The number of hydrogen-bond acceptors (Lipinski definition) is 7. The van der Waals surface area contributed by atoms with E-state index in [4.69, 9.17) is 33.2 Å². The standard InChI is InChI=1S/C14H24ClN7O2/c1-2-24-8-6-4-3-5-7-19-14(18)22-13(23)9-11(16)21-12(17)10(15)20-9/h2-8H2,1H3,(H4,16,17,21)(H3,18,19,22,23). The zero-order valence-corrected chi connectivity index (χ0v) is 14.4. The van der Waals surface area contributed by atoms with Gasteiger partial charge in [-0.15, -0.1) is 0 Å². The van der Waals surface area contributed by atoms with Crippen LogP contribution in [0.3, 0.4) is 0 Å². The number of guanidine groups is 1. The minimum Gasteiger partial charge on any atom is -0.382 e. The summed E-state index contributed by atoms with van der Waals surface area (Å²) in [4.78, 5) is 19.5. The molecule has 0 atom stereocenters. The van der Waals surface area contributed by atoms with Crippen LogP contribution in [0.25, 0.3) is 0 Å². The molecular formula is C14H24ClN7O2. The number of nitrogens with two attached hydrogens (primary N) is 2. The Morgan fingerprint density at radius 1 is 1.21 bits per heavy atom. The minimum absolute atomic E-state index is 0.0525. The molecule has 1 heterocycles. The lowest BCUT2D eigenvalue weighted by Gasteiger charge is -2.10. The van der Waals surface area contributed by atoms with Crippen LogP contribution in [0.4, 0.5) is 11.6 Å².